The highest BCUT2D eigenvalue weighted by molar-refractivity contribution is 6.32. The second kappa shape index (κ2) is 5.37. The van der Waals surface area contributed by atoms with E-state index in [1.165, 1.54) is 6.33 Å². The number of anilines is 1. The van der Waals surface area contributed by atoms with Crippen molar-refractivity contribution in [3.05, 3.63) is 17.5 Å². The van der Waals surface area contributed by atoms with E-state index >= 15 is 0 Å². The standard InChI is InChI=1S/C9H13Cl2N3/c1-7(2)14(4-3-10)9-8(11)5-12-6-13-9/h5-7H,3-4H2,1-2H3. The summed E-state index contributed by atoms with van der Waals surface area (Å²) >= 11 is 11.7. The summed E-state index contributed by atoms with van der Waals surface area (Å²) in [6.07, 6.45) is 3.08. The third-order valence-electron chi connectivity index (χ3n) is 1.87. The summed E-state index contributed by atoms with van der Waals surface area (Å²) in [7, 11) is 0. The van der Waals surface area contributed by atoms with Crippen LogP contribution in [-0.4, -0.2) is 28.4 Å². The van der Waals surface area contributed by atoms with E-state index < -0.39 is 0 Å². The Morgan fingerprint density at radius 2 is 2.21 bits per heavy atom. The van der Waals surface area contributed by atoms with E-state index in [1.54, 1.807) is 6.20 Å². The van der Waals surface area contributed by atoms with Crippen molar-refractivity contribution in [2.45, 2.75) is 19.9 Å². The second-order valence-corrected chi connectivity index (χ2v) is 3.96. The molecule has 78 valence electrons. The van der Waals surface area contributed by atoms with E-state index in [4.69, 9.17) is 23.2 Å². The largest absolute Gasteiger partial charge is 0.352 e. The van der Waals surface area contributed by atoms with Gasteiger partial charge in [-0.15, -0.1) is 11.6 Å². The molecule has 0 aliphatic carbocycles. The fourth-order valence-electron chi connectivity index (χ4n) is 1.22. The zero-order chi connectivity index (χ0) is 10.6. The molecule has 0 aromatic carbocycles. The van der Waals surface area contributed by atoms with Gasteiger partial charge in [-0.2, -0.15) is 0 Å². The summed E-state index contributed by atoms with van der Waals surface area (Å²) < 4.78 is 0. The molecule has 0 radical (unpaired) electrons. The van der Waals surface area contributed by atoms with Gasteiger partial charge in [-0.1, -0.05) is 11.6 Å². The molecule has 3 nitrogen and oxygen atoms in total. The lowest BCUT2D eigenvalue weighted by atomic mass is 10.3. The Balaban J connectivity index is 2.93. The van der Waals surface area contributed by atoms with Crippen LogP contribution in [0.1, 0.15) is 13.8 Å². The molecule has 0 aliphatic heterocycles. The summed E-state index contributed by atoms with van der Waals surface area (Å²) in [5.74, 6) is 1.30. The first-order chi connectivity index (χ1) is 6.66. The van der Waals surface area contributed by atoms with Gasteiger partial charge in [0.05, 0.1) is 6.20 Å². The molecule has 0 fully saturated rings. The maximum Gasteiger partial charge on any atom is 0.151 e. The lowest BCUT2D eigenvalue weighted by Crippen LogP contribution is -2.33. The Labute approximate surface area is 94.1 Å². The molecule has 1 heterocycles. The van der Waals surface area contributed by atoms with E-state index in [2.05, 4.69) is 28.7 Å². The molecule has 0 spiro atoms. The number of nitrogens with zero attached hydrogens (tertiary/aromatic N) is 3. The van der Waals surface area contributed by atoms with Crippen LogP contribution in [0.5, 0.6) is 0 Å². The topological polar surface area (TPSA) is 29.0 Å². The summed E-state index contributed by atoms with van der Waals surface area (Å²) in [5.41, 5.74) is 0. The molecular weight excluding hydrogens is 221 g/mol. The van der Waals surface area contributed by atoms with Crippen molar-refractivity contribution in [2.24, 2.45) is 0 Å². The summed E-state index contributed by atoms with van der Waals surface area (Å²) in [5, 5.41) is 0.561. The van der Waals surface area contributed by atoms with Crippen LogP contribution in [0.4, 0.5) is 5.82 Å². The minimum Gasteiger partial charge on any atom is -0.352 e. The van der Waals surface area contributed by atoms with Gasteiger partial charge < -0.3 is 4.90 Å². The number of hydrogen-bond acceptors (Lipinski definition) is 3. The lowest BCUT2D eigenvalue weighted by Gasteiger charge is -2.27. The Kier molecular flexibility index (Phi) is 4.42. The molecule has 1 aromatic heterocycles. The third kappa shape index (κ3) is 2.72. The molecule has 0 saturated carbocycles. The Morgan fingerprint density at radius 3 is 2.71 bits per heavy atom. The van der Waals surface area contributed by atoms with Gasteiger partial charge >= 0.3 is 0 Å². The molecule has 0 amide bonds. The monoisotopic (exact) mass is 233 g/mol. The molecule has 1 aromatic rings. The molecular formula is C9H13Cl2N3. The van der Waals surface area contributed by atoms with E-state index in [9.17, 15) is 0 Å². The van der Waals surface area contributed by atoms with Gasteiger partial charge in [0, 0.05) is 18.5 Å². The van der Waals surface area contributed by atoms with Crippen molar-refractivity contribution in [2.75, 3.05) is 17.3 Å². The third-order valence-corrected chi connectivity index (χ3v) is 2.30. The van der Waals surface area contributed by atoms with Crippen LogP contribution in [-0.2, 0) is 0 Å². The summed E-state index contributed by atoms with van der Waals surface area (Å²) in [6, 6.07) is 0.321. The number of aromatic nitrogens is 2. The van der Waals surface area contributed by atoms with Gasteiger partial charge in [-0.3, -0.25) is 0 Å². The van der Waals surface area contributed by atoms with E-state index in [0.717, 1.165) is 12.4 Å². The van der Waals surface area contributed by atoms with Crippen LogP contribution in [0, 0.1) is 0 Å². The SMILES string of the molecule is CC(C)N(CCCl)c1ncncc1Cl. The van der Waals surface area contributed by atoms with Gasteiger partial charge in [0.2, 0.25) is 0 Å². The van der Waals surface area contributed by atoms with Gasteiger partial charge in [-0.05, 0) is 13.8 Å². The molecule has 5 heteroatoms. The quantitative estimate of drug-likeness (QED) is 0.750. The Morgan fingerprint density at radius 1 is 1.50 bits per heavy atom. The Bertz CT molecular complexity index is 291. The molecule has 0 saturated heterocycles. The average Bonchev–Trinajstić information content (AvgIpc) is 2.15. The zero-order valence-corrected chi connectivity index (χ0v) is 9.76. The summed E-state index contributed by atoms with van der Waals surface area (Å²) in [4.78, 5) is 10.0. The second-order valence-electron chi connectivity index (χ2n) is 3.17. The number of hydrogen-bond donors (Lipinski definition) is 0. The molecule has 0 unspecified atom stereocenters. The van der Waals surface area contributed by atoms with Crippen molar-refractivity contribution in [3.8, 4) is 0 Å². The maximum atomic E-state index is 5.99. The molecule has 0 aliphatic rings. The number of alkyl halides is 1. The zero-order valence-electron chi connectivity index (χ0n) is 8.24. The maximum absolute atomic E-state index is 5.99. The molecule has 1 rings (SSSR count). The number of halogens is 2. The first kappa shape index (κ1) is 11.5. The van der Waals surface area contributed by atoms with Crippen molar-refractivity contribution in [3.63, 3.8) is 0 Å². The minimum absolute atomic E-state index is 0.321. The molecule has 0 atom stereocenters. The van der Waals surface area contributed by atoms with E-state index in [0.29, 0.717) is 16.9 Å². The highest BCUT2D eigenvalue weighted by Crippen LogP contribution is 2.22. The fraction of sp³-hybridized carbons (Fsp3) is 0.556. The van der Waals surface area contributed by atoms with Crippen LogP contribution in [0.25, 0.3) is 0 Å². The normalized spacial score (nSPS) is 10.6. The van der Waals surface area contributed by atoms with Crippen molar-refractivity contribution < 1.29 is 0 Å². The minimum atomic E-state index is 0.321. The fourth-order valence-corrected chi connectivity index (χ4v) is 1.61. The predicted octanol–water partition coefficient (Wildman–Crippen LogP) is 2.58. The first-order valence-corrected chi connectivity index (χ1v) is 5.36. The smallest absolute Gasteiger partial charge is 0.151 e. The first-order valence-electron chi connectivity index (χ1n) is 4.45. The molecule has 14 heavy (non-hydrogen) atoms. The Hall–Kier alpha value is -0.540. The van der Waals surface area contributed by atoms with Crippen molar-refractivity contribution in [1.29, 1.82) is 0 Å². The summed E-state index contributed by atoms with van der Waals surface area (Å²) in [6.45, 7) is 4.88. The van der Waals surface area contributed by atoms with E-state index in [-0.39, 0.29) is 0 Å². The van der Waals surface area contributed by atoms with Crippen LogP contribution in [0.2, 0.25) is 5.02 Å². The highest BCUT2D eigenvalue weighted by atomic mass is 35.5. The van der Waals surface area contributed by atoms with Gasteiger partial charge in [-0.25, -0.2) is 9.97 Å². The van der Waals surface area contributed by atoms with E-state index in [1.807, 2.05) is 0 Å². The van der Waals surface area contributed by atoms with Crippen molar-refractivity contribution in [1.82, 2.24) is 9.97 Å². The van der Waals surface area contributed by atoms with Gasteiger partial charge in [0.1, 0.15) is 11.3 Å². The van der Waals surface area contributed by atoms with Crippen LogP contribution >= 0.6 is 23.2 Å². The number of rotatable bonds is 4. The highest BCUT2D eigenvalue weighted by Gasteiger charge is 2.14. The van der Waals surface area contributed by atoms with Gasteiger partial charge in [0.15, 0.2) is 5.82 Å². The molecule has 0 N–H and O–H groups in total. The average molecular weight is 234 g/mol. The van der Waals surface area contributed by atoms with Gasteiger partial charge in [0.25, 0.3) is 0 Å². The van der Waals surface area contributed by atoms with Crippen LogP contribution in [0.3, 0.4) is 0 Å². The predicted molar refractivity (Wildman–Crippen MR) is 60.2 cm³/mol. The van der Waals surface area contributed by atoms with Crippen molar-refractivity contribution >= 4 is 29.0 Å². The van der Waals surface area contributed by atoms with Crippen LogP contribution in [0.15, 0.2) is 12.5 Å². The van der Waals surface area contributed by atoms with Crippen LogP contribution < -0.4 is 4.90 Å². The molecule has 0 bridgehead atoms. The lowest BCUT2D eigenvalue weighted by molar-refractivity contribution is 0.694.